The van der Waals surface area contributed by atoms with Gasteiger partial charge in [-0.25, -0.2) is 4.79 Å². The topological polar surface area (TPSA) is 85.3 Å². The third-order valence-electron chi connectivity index (χ3n) is 3.59. The molecule has 1 heterocycles. The van der Waals surface area contributed by atoms with E-state index in [-0.39, 0.29) is 23.6 Å². The Labute approximate surface area is 150 Å². The third-order valence-corrected chi connectivity index (χ3v) is 4.33. The highest BCUT2D eigenvalue weighted by Gasteiger charge is 2.37. The number of hydrogen-bond donors (Lipinski definition) is 1. The van der Waals surface area contributed by atoms with Gasteiger partial charge in [-0.05, 0) is 24.6 Å². The Kier molecular flexibility index (Phi) is 5.76. The lowest BCUT2D eigenvalue weighted by molar-refractivity contribution is -0.139. The van der Waals surface area contributed by atoms with Gasteiger partial charge in [0.15, 0.2) is 0 Å². The Morgan fingerprint density at radius 1 is 1.38 bits per heavy atom. The fourth-order valence-corrected chi connectivity index (χ4v) is 2.84. The molecule has 7 heteroatoms. The molecule has 1 unspecified atom stereocenters. The summed E-state index contributed by atoms with van der Waals surface area (Å²) in [6.45, 7) is 3.73. The van der Waals surface area contributed by atoms with Gasteiger partial charge in [0.1, 0.15) is 17.4 Å². The standard InChI is InChI=1S/C17H16Cl2N2O3/c1-3-13-15(17(22)23-4-2)14(10(8-20)16(21)24-13)9-5-6-11(18)12(19)7-9/h5-7,14H,3-4,21H2,1-2H3. The zero-order chi connectivity index (χ0) is 17.9. The van der Waals surface area contributed by atoms with Crippen molar-refractivity contribution in [1.29, 1.82) is 5.26 Å². The smallest absolute Gasteiger partial charge is 0.338 e. The number of nitrogens with zero attached hydrogens (tertiary/aromatic N) is 1. The largest absolute Gasteiger partial charge is 0.463 e. The van der Waals surface area contributed by atoms with Gasteiger partial charge in [0.05, 0.1) is 28.1 Å². The van der Waals surface area contributed by atoms with Crippen molar-refractivity contribution in [2.45, 2.75) is 26.2 Å². The molecular weight excluding hydrogens is 351 g/mol. The molecule has 0 spiro atoms. The Bertz CT molecular complexity index is 779. The average molecular weight is 367 g/mol. The fraction of sp³-hybridized carbons (Fsp3) is 0.294. The molecule has 0 aliphatic carbocycles. The molecular formula is C17H16Cl2N2O3. The first kappa shape index (κ1) is 18.2. The lowest BCUT2D eigenvalue weighted by Gasteiger charge is -2.28. The Hall–Kier alpha value is -2.16. The summed E-state index contributed by atoms with van der Waals surface area (Å²) in [6.07, 6.45) is 0.422. The van der Waals surface area contributed by atoms with E-state index >= 15 is 0 Å². The van der Waals surface area contributed by atoms with Gasteiger partial charge in [-0.2, -0.15) is 5.26 Å². The normalized spacial score (nSPS) is 17.4. The summed E-state index contributed by atoms with van der Waals surface area (Å²) in [7, 11) is 0. The van der Waals surface area contributed by atoms with Crippen LogP contribution in [0.3, 0.4) is 0 Å². The maximum atomic E-state index is 12.5. The number of ether oxygens (including phenoxy) is 2. The van der Waals surface area contributed by atoms with Crippen molar-refractivity contribution in [3.8, 4) is 6.07 Å². The molecule has 0 amide bonds. The SMILES string of the molecule is CCOC(=O)C1=C(CC)OC(N)=C(C#N)C1c1ccc(Cl)c(Cl)c1. The lowest BCUT2D eigenvalue weighted by Crippen LogP contribution is -2.26. The molecule has 1 aliphatic rings. The van der Waals surface area contributed by atoms with Crippen molar-refractivity contribution < 1.29 is 14.3 Å². The van der Waals surface area contributed by atoms with Crippen LogP contribution < -0.4 is 5.73 Å². The van der Waals surface area contributed by atoms with E-state index in [1.807, 2.05) is 13.0 Å². The number of benzene rings is 1. The van der Waals surface area contributed by atoms with Crippen molar-refractivity contribution >= 4 is 29.2 Å². The van der Waals surface area contributed by atoms with Gasteiger partial charge in [0.25, 0.3) is 0 Å². The molecule has 1 aromatic carbocycles. The molecule has 0 saturated heterocycles. The highest BCUT2D eigenvalue weighted by atomic mass is 35.5. The second-order valence-electron chi connectivity index (χ2n) is 5.01. The summed E-state index contributed by atoms with van der Waals surface area (Å²) in [5, 5.41) is 10.2. The average Bonchev–Trinajstić information content (AvgIpc) is 2.56. The van der Waals surface area contributed by atoms with Gasteiger partial charge in [-0.1, -0.05) is 36.2 Å². The Morgan fingerprint density at radius 3 is 2.62 bits per heavy atom. The maximum Gasteiger partial charge on any atom is 0.338 e. The van der Waals surface area contributed by atoms with Crippen LogP contribution in [0.25, 0.3) is 0 Å². The molecule has 0 aromatic heterocycles. The maximum absolute atomic E-state index is 12.5. The molecule has 5 nitrogen and oxygen atoms in total. The summed E-state index contributed by atoms with van der Waals surface area (Å²) in [5.74, 6) is -0.919. The zero-order valence-corrected chi connectivity index (χ0v) is 14.7. The minimum atomic E-state index is -0.715. The Balaban J connectivity index is 2.68. The first-order chi connectivity index (χ1) is 11.4. The van der Waals surface area contributed by atoms with Crippen molar-refractivity contribution in [3.63, 3.8) is 0 Å². The minimum absolute atomic E-state index is 0.0292. The predicted molar refractivity (Wildman–Crippen MR) is 91.1 cm³/mol. The molecule has 1 aromatic rings. The van der Waals surface area contributed by atoms with Gasteiger partial charge < -0.3 is 15.2 Å². The van der Waals surface area contributed by atoms with Gasteiger partial charge in [0, 0.05) is 6.42 Å². The number of nitrogens with two attached hydrogens (primary N) is 1. The number of nitriles is 1. The summed E-state index contributed by atoms with van der Waals surface area (Å²) in [5.41, 5.74) is 6.88. The van der Waals surface area contributed by atoms with E-state index in [2.05, 4.69) is 0 Å². The van der Waals surface area contributed by atoms with Crippen molar-refractivity contribution in [2.24, 2.45) is 5.73 Å². The molecule has 2 rings (SSSR count). The van der Waals surface area contributed by atoms with Crippen LogP contribution in [0.1, 0.15) is 31.7 Å². The summed E-state index contributed by atoms with van der Waals surface area (Å²) >= 11 is 12.1. The van der Waals surface area contributed by atoms with Crippen LogP contribution >= 0.6 is 23.2 Å². The molecule has 2 N–H and O–H groups in total. The molecule has 1 aliphatic heterocycles. The van der Waals surface area contributed by atoms with E-state index in [1.54, 1.807) is 25.1 Å². The first-order valence-corrected chi connectivity index (χ1v) is 8.12. The molecule has 126 valence electrons. The van der Waals surface area contributed by atoms with Gasteiger partial charge in [0.2, 0.25) is 5.88 Å². The molecule has 0 saturated carbocycles. The highest BCUT2D eigenvalue weighted by Crippen LogP contribution is 2.41. The van der Waals surface area contributed by atoms with Gasteiger partial charge in [-0.15, -0.1) is 0 Å². The lowest BCUT2D eigenvalue weighted by atomic mass is 9.82. The number of hydrogen-bond acceptors (Lipinski definition) is 5. The second-order valence-corrected chi connectivity index (χ2v) is 5.82. The minimum Gasteiger partial charge on any atom is -0.463 e. The molecule has 0 radical (unpaired) electrons. The third kappa shape index (κ3) is 3.35. The van der Waals surface area contributed by atoms with E-state index < -0.39 is 11.9 Å². The number of carbonyl (C=O) groups is 1. The van der Waals surface area contributed by atoms with E-state index in [4.69, 9.17) is 38.4 Å². The predicted octanol–water partition coefficient (Wildman–Crippen LogP) is 4.03. The monoisotopic (exact) mass is 366 g/mol. The summed E-state index contributed by atoms with van der Waals surface area (Å²) in [4.78, 5) is 12.5. The summed E-state index contributed by atoms with van der Waals surface area (Å²) < 4.78 is 10.6. The second kappa shape index (κ2) is 7.61. The molecule has 1 atom stereocenters. The van der Waals surface area contributed by atoms with Crippen molar-refractivity contribution in [3.05, 3.63) is 56.6 Å². The number of rotatable bonds is 4. The molecule has 0 fully saturated rings. The Morgan fingerprint density at radius 2 is 2.08 bits per heavy atom. The highest BCUT2D eigenvalue weighted by molar-refractivity contribution is 6.42. The van der Waals surface area contributed by atoms with Crippen molar-refractivity contribution in [2.75, 3.05) is 6.61 Å². The van der Waals surface area contributed by atoms with Crippen molar-refractivity contribution in [1.82, 2.24) is 0 Å². The van der Waals surface area contributed by atoms with Gasteiger partial charge >= 0.3 is 5.97 Å². The molecule has 24 heavy (non-hydrogen) atoms. The van der Waals surface area contributed by atoms with Crippen LogP contribution in [-0.2, 0) is 14.3 Å². The van der Waals surface area contributed by atoms with Gasteiger partial charge in [-0.3, -0.25) is 0 Å². The van der Waals surface area contributed by atoms with E-state index in [0.717, 1.165) is 0 Å². The van der Waals surface area contributed by atoms with Crippen LogP contribution in [0.2, 0.25) is 10.0 Å². The van der Waals surface area contributed by atoms with Crippen LogP contribution in [0.4, 0.5) is 0 Å². The van der Waals surface area contributed by atoms with Crippen LogP contribution in [0.5, 0.6) is 0 Å². The van der Waals surface area contributed by atoms with Crippen LogP contribution in [0, 0.1) is 11.3 Å². The first-order valence-electron chi connectivity index (χ1n) is 7.37. The van der Waals surface area contributed by atoms with E-state index in [9.17, 15) is 10.1 Å². The van der Waals surface area contributed by atoms with Crippen LogP contribution in [-0.4, -0.2) is 12.6 Å². The number of halogens is 2. The number of carbonyl (C=O) groups excluding carboxylic acids is 1. The quantitative estimate of drug-likeness (QED) is 0.812. The number of allylic oxidation sites excluding steroid dienone is 2. The molecule has 0 bridgehead atoms. The van der Waals surface area contributed by atoms with Crippen LogP contribution in [0.15, 0.2) is 41.0 Å². The van der Waals surface area contributed by atoms with E-state index in [1.165, 1.54) is 0 Å². The summed E-state index contributed by atoms with van der Waals surface area (Å²) in [6, 6.07) is 6.93. The zero-order valence-electron chi connectivity index (χ0n) is 13.2. The fourth-order valence-electron chi connectivity index (χ4n) is 2.54. The van der Waals surface area contributed by atoms with E-state index in [0.29, 0.717) is 27.8 Å². The number of esters is 1.